The predicted molar refractivity (Wildman–Crippen MR) is 116 cm³/mol. The summed E-state index contributed by atoms with van der Waals surface area (Å²) in [5, 5.41) is 8.87. The number of carbonyl (C=O) groups is 1. The second kappa shape index (κ2) is 10.3. The van der Waals surface area contributed by atoms with Crippen LogP contribution in [0.3, 0.4) is 0 Å². The van der Waals surface area contributed by atoms with Crippen LogP contribution in [-0.2, 0) is 21.0 Å². The van der Waals surface area contributed by atoms with Gasteiger partial charge in [-0.25, -0.2) is 13.4 Å². The van der Waals surface area contributed by atoms with Crippen LogP contribution in [0.4, 0.5) is 19.0 Å². The van der Waals surface area contributed by atoms with Crippen molar-refractivity contribution < 1.29 is 31.5 Å². The number of sulfonamides is 1. The second-order valence-electron chi connectivity index (χ2n) is 7.52. The molecule has 0 saturated carbocycles. The molecule has 1 aromatic rings. The van der Waals surface area contributed by atoms with Crippen molar-refractivity contribution in [1.82, 2.24) is 9.29 Å². The molecule has 1 atom stereocenters. The molecule has 1 aromatic heterocycles. The van der Waals surface area contributed by atoms with Gasteiger partial charge in [0.05, 0.1) is 17.7 Å². The van der Waals surface area contributed by atoms with Gasteiger partial charge in [0, 0.05) is 31.9 Å². The van der Waals surface area contributed by atoms with E-state index >= 15 is 0 Å². The van der Waals surface area contributed by atoms with Gasteiger partial charge in [0.15, 0.2) is 0 Å². The van der Waals surface area contributed by atoms with E-state index in [2.05, 4.69) is 11.6 Å². The highest BCUT2D eigenvalue weighted by atomic mass is 32.2. The highest BCUT2D eigenvalue weighted by molar-refractivity contribution is 7.89. The number of halogens is 3. The summed E-state index contributed by atoms with van der Waals surface area (Å²) in [6, 6.07) is 1.97. The molecule has 7 nitrogen and oxygen atoms in total. The molecule has 1 fully saturated rings. The number of aromatic nitrogens is 1. The van der Waals surface area contributed by atoms with Crippen LogP contribution in [0.25, 0.3) is 0 Å². The van der Waals surface area contributed by atoms with Crippen LogP contribution in [0.5, 0.6) is 0 Å². The van der Waals surface area contributed by atoms with E-state index in [9.17, 15) is 26.4 Å². The van der Waals surface area contributed by atoms with E-state index in [0.29, 0.717) is 23.5 Å². The van der Waals surface area contributed by atoms with Crippen molar-refractivity contribution in [3.8, 4) is 0 Å². The molecule has 1 aliphatic heterocycles. The van der Waals surface area contributed by atoms with Gasteiger partial charge in [-0.05, 0) is 31.6 Å². The lowest BCUT2D eigenvalue weighted by molar-refractivity contribution is -0.138. The van der Waals surface area contributed by atoms with E-state index in [1.54, 1.807) is 24.8 Å². The molecule has 0 amide bonds. The number of hydrogen-bond acceptors (Lipinski definition) is 5. The first-order chi connectivity index (χ1) is 14.8. The molecular weight excluding hydrogens is 447 g/mol. The zero-order valence-corrected chi connectivity index (χ0v) is 18.7. The largest absolute Gasteiger partial charge is 0.481 e. The Bertz CT molecular complexity index is 1000. The third-order valence-corrected chi connectivity index (χ3v) is 6.71. The number of hydrogen-bond donors (Lipinski definition) is 1. The first kappa shape index (κ1) is 25.6. The summed E-state index contributed by atoms with van der Waals surface area (Å²) in [6.07, 6.45) is 0.594. The Kier molecular flexibility index (Phi) is 8.24. The molecule has 32 heavy (non-hydrogen) atoms. The number of nitrogens with zero attached hydrogens (tertiary/aromatic N) is 3. The van der Waals surface area contributed by atoms with Crippen molar-refractivity contribution in [2.24, 2.45) is 0 Å². The van der Waals surface area contributed by atoms with Gasteiger partial charge in [-0.3, -0.25) is 4.79 Å². The van der Waals surface area contributed by atoms with Gasteiger partial charge in [-0.2, -0.15) is 17.5 Å². The standard InChI is InChI=1S/C21H26F3N3O4S/c1-4-17(12-20(28)29)11-15(2)7-10-32(30,31)26-8-9-27(16(3)14-26)19-6-5-18(13-25-19)21(22,23)24/h4-7,11,13,16H,1,8-10,12,14H2,2-3H3,(H,28,29)/b15-7-,17-11+/t16-/m1/s1. The number of carboxylic acid groups (broad SMARTS) is 1. The maximum absolute atomic E-state index is 12.8. The molecule has 0 bridgehead atoms. The highest BCUT2D eigenvalue weighted by Gasteiger charge is 2.33. The third kappa shape index (κ3) is 6.92. The van der Waals surface area contributed by atoms with Crippen molar-refractivity contribution >= 4 is 21.8 Å². The lowest BCUT2D eigenvalue weighted by Crippen LogP contribution is -2.54. The van der Waals surface area contributed by atoms with Crippen LogP contribution in [0.2, 0.25) is 0 Å². The number of anilines is 1. The van der Waals surface area contributed by atoms with Crippen LogP contribution >= 0.6 is 0 Å². The minimum absolute atomic E-state index is 0.171. The van der Waals surface area contributed by atoms with Crippen LogP contribution < -0.4 is 4.90 Å². The van der Waals surface area contributed by atoms with Crippen LogP contribution in [-0.4, -0.2) is 60.2 Å². The quantitative estimate of drug-likeness (QED) is 0.582. The zero-order chi connectivity index (χ0) is 24.1. The fourth-order valence-corrected chi connectivity index (χ4v) is 4.78. The molecule has 1 aliphatic rings. The summed E-state index contributed by atoms with van der Waals surface area (Å²) in [5.74, 6) is -0.900. The number of carboxylic acids is 1. The number of aliphatic carboxylic acids is 1. The van der Waals surface area contributed by atoms with E-state index in [0.717, 1.165) is 12.3 Å². The van der Waals surface area contributed by atoms with Crippen LogP contribution in [0.1, 0.15) is 25.8 Å². The molecule has 176 valence electrons. The Morgan fingerprint density at radius 1 is 1.34 bits per heavy atom. The summed E-state index contributed by atoms with van der Waals surface area (Å²) >= 11 is 0. The second-order valence-corrected chi connectivity index (χ2v) is 9.54. The average molecular weight is 474 g/mol. The van der Waals surface area contributed by atoms with Crippen molar-refractivity contribution in [2.45, 2.75) is 32.5 Å². The fraction of sp³-hybridized carbons (Fsp3) is 0.429. The Morgan fingerprint density at radius 3 is 2.53 bits per heavy atom. The van der Waals surface area contributed by atoms with E-state index < -0.39 is 27.7 Å². The Morgan fingerprint density at radius 2 is 2.03 bits per heavy atom. The smallest absolute Gasteiger partial charge is 0.417 e. The van der Waals surface area contributed by atoms with Crippen molar-refractivity contribution in [1.29, 1.82) is 0 Å². The normalized spacial score (nSPS) is 19.2. The molecule has 2 rings (SSSR count). The molecule has 1 saturated heterocycles. The Hall–Kier alpha value is -2.66. The Labute approximate surface area is 185 Å². The molecule has 11 heteroatoms. The van der Waals surface area contributed by atoms with E-state index in [4.69, 9.17) is 5.11 Å². The van der Waals surface area contributed by atoms with Crippen LogP contribution in [0, 0.1) is 0 Å². The maximum Gasteiger partial charge on any atom is 0.417 e. The summed E-state index contributed by atoms with van der Waals surface area (Å²) in [5.41, 5.74) is 0.231. The number of piperazine rings is 1. The molecular formula is C21H26F3N3O4S. The van der Waals surface area contributed by atoms with Gasteiger partial charge in [-0.15, -0.1) is 0 Å². The first-order valence-electron chi connectivity index (χ1n) is 9.82. The molecule has 0 aliphatic carbocycles. The molecule has 0 radical (unpaired) electrons. The number of rotatable bonds is 8. The van der Waals surface area contributed by atoms with Gasteiger partial charge in [-0.1, -0.05) is 30.4 Å². The SMILES string of the molecule is C=C/C(=C\C(C)=C/CS(=O)(=O)N1CCN(c2ccc(C(F)(F)F)cn2)[C@H](C)C1)CC(=O)O. The third-order valence-electron chi connectivity index (χ3n) is 5.00. The summed E-state index contributed by atoms with van der Waals surface area (Å²) in [6.45, 7) is 7.66. The van der Waals surface area contributed by atoms with Gasteiger partial charge in [0.2, 0.25) is 10.0 Å². The van der Waals surface area contributed by atoms with Gasteiger partial charge < -0.3 is 10.0 Å². The molecule has 1 N–H and O–H groups in total. The van der Waals surface area contributed by atoms with Gasteiger partial charge in [0.1, 0.15) is 5.82 Å². The molecule has 0 spiro atoms. The fourth-order valence-electron chi connectivity index (χ4n) is 3.29. The first-order valence-corrected chi connectivity index (χ1v) is 11.4. The van der Waals surface area contributed by atoms with Gasteiger partial charge in [0.25, 0.3) is 0 Å². The lowest BCUT2D eigenvalue weighted by Gasteiger charge is -2.39. The zero-order valence-electron chi connectivity index (χ0n) is 17.8. The van der Waals surface area contributed by atoms with Crippen LogP contribution in [0.15, 0.2) is 54.3 Å². The van der Waals surface area contributed by atoms with E-state index in [-0.39, 0.29) is 31.3 Å². The maximum atomic E-state index is 12.8. The van der Waals surface area contributed by atoms with E-state index in [1.807, 2.05) is 0 Å². The molecule has 0 unspecified atom stereocenters. The van der Waals surface area contributed by atoms with Crippen molar-refractivity contribution in [3.05, 3.63) is 59.8 Å². The monoisotopic (exact) mass is 473 g/mol. The topological polar surface area (TPSA) is 90.8 Å². The van der Waals surface area contributed by atoms with Gasteiger partial charge >= 0.3 is 12.1 Å². The number of alkyl halides is 3. The molecule has 2 heterocycles. The predicted octanol–water partition coefficient (Wildman–Crippen LogP) is 3.47. The number of allylic oxidation sites excluding steroid dienone is 3. The van der Waals surface area contributed by atoms with Crippen molar-refractivity contribution in [3.63, 3.8) is 0 Å². The summed E-state index contributed by atoms with van der Waals surface area (Å²) in [4.78, 5) is 16.5. The summed E-state index contributed by atoms with van der Waals surface area (Å²) < 4.78 is 65.0. The minimum atomic E-state index is -4.47. The molecule has 0 aromatic carbocycles. The number of pyridine rings is 1. The lowest BCUT2D eigenvalue weighted by atomic mass is 10.1. The minimum Gasteiger partial charge on any atom is -0.481 e. The highest BCUT2D eigenvalue weighted by Crippen LogP contribution is 2.30. The average Bonchev–Trinajstić information content (AvgIpc) is 2.71. The van der Waals surface area contributed by atoms with Crippen molar-refractivity contribution in [2.75, 3.05) is 30.3 Å². The Balaban J connectivity index is 2.04. The summed E-state index contributed by atoms with van der Waals surface area (Å²) in [7, 11) is -3.62. The van der Waals surface area contributed by atoms with E-state index in [1.165, 1.54) is 22.5 Å².